The minimum Gasteiger partial charge on any atom is -0.395 e. The number of aliphatic hydroxyl groups excluding tert-OH is 1. The number of aromatic nitrogens is 4. The third-order valence-electron chi connectivity index (χ3n) is 6.06. The Hall–Kier alpha value is -2.60. The lowest BCUT2D eigenvalue weighted by molar-refractivity contribution is -0.119. The van der Waals surface area contributed by atoms with E-state index in [0.717, 1.165) is 59.5 Å². The number of carbonyl (C=O) groups is 1. The van der Waals surface area contributed by atoms with Crippen LogP contribution in [-0.2, 0) is 11.2 Å². The first kappa shape index (κ1) is 24.1. The van der Waals surface area contributed by atoms with Crippen molar-refractivity contribution in [1.29, 1.82) is 0 Å². The average Bonchev–Trinajstić information content (AvgIpc) is 3.63. The maximum absolute atomic E-state index is 12.1. The Bertz CT molecular complexity index is 1160. The number of anilines is 3. The van der Waals surface area contributed by atoms with Crippen molar-refractivity contribution in [1.82, 2.24) is 24.8 Å². The molecule has 3 heterocycles. The Balaban J connectivity index is 1.33. The Kier molecular flexibility index (Phi) is 7.57. The van der Waals surface area contributed by atoms with Gasteiger partial charge >= 0.3 is 0 Å². The molecule has 0 unspecified atom stereocenters. The van der Waals surface area contributed by atoms with E-state index in [9.17, 15) is 9.90 Å². The highest BCUT2D eigenvalue weighted by Crippen LogP contribution is 2.32. The maximum Gasteiger partial charge on any atom is 0.234 e. The van der Waals surface area contributed by atoms with Crippen LogP contribution in [0.25, 0.3) is 0 Å². The molecule has 2 aromatic heterocycles. The lowest BCUT2D eigenvalue weighted by Crippen LogP contribution is -2.47. The maximum atomic E-state index is 12.1. The number of aliphatic hydroxyl groups is 1. The average molecular weight is 512 g/mol. The fourth-order valence-corrected chi connectivity index (χ4v) is 5.34. The van der Waals surface area contributed by atoms with Gasteiger partial charge in [0.1, 0.15) is 5.78 Å². The van der Waals surface area contributed by atoms with Crippen molar-refractivity contribution in [2.24, 2.45) is 5.92 Å². The van der Waals surface area contributed by atoms with Gasteiger partial charge in [-0.2, -0.15) is 15.0 Å². The molecule has 1 saturated heterocycles. The number of hydrogen-bond acceptors (Lipinski definition) is 11. The minimum atomic E-state index is 0.168. The van der Waals surface area contributed by atoms with Crippen molar-refractivity contribution in [3.8, 4) is 0 Å². The van der Waals surface area contributed by atoms with Gasteiger partial charge < -0.3 is 10.0 Å². The van der Waals surface area contributed by atoms with Crippen molar-refractivity contribution in [2.45, 2.75) is 36.2 Å². The van der Waals surface area contributed by atoms with Gasteiger partial charge in [-0.25, -0.2) is 4.98 Å². The molecule has 184 valence electrons. The van der Waals surface area contributed by atoms with E-state index in [1.807, 2.05) is 37.4 Å². The fourth-order valence-electron chi connectivity index (χ4n) is 3.94. The zero-order valence-corrected chi connectivity index (χ0v) is 21.3. The summed E-state index contributed by atoms with van der Waals surface area (Å²) in [6.45, 7) is 6.14. The molecule has 0 amide bonds. The molecule has 2 fully saturated rings. The first-order valence-corrected chi connectivity index (χ1v) is 13.5. The minimum absolute atomic E-state index is 0.168. The van der Waals surface area contributed by atoms with Gasteiger partial charge in [0, 0.05) is 61.0 Å². The smallest absolute Gasteiger partial charge is 0.234 e. The normalized spacial score (nSPS) is 16.5. The molecule has 0 bridgehead atoms. The monoisotopic (exact) mass is 511 g/mol. The number of aryl methyl sites for hydroxylation is 1. The second kappa shape index (κ2) is 11.0. The number of nitrogens with zero attached hydrogens (tertiary/aromatic N) is 6. The number of piperazine rings is 1. The van der Waals surface area contributed by atoms with Crippen molar-refractivity contribution in [2.75, 3.05) is 49.5 Å². The molecule has 2 N–H and O–H groups in total. The highest BCUT2D eigenvalue weighted by Gasteiger charge is 2.29. The summed E-state index contributed by atoms with van der Waals surface area (Å²) in [6, 6.07) is 8.08. The second-order valence-electron chi connectivity index (χ2n) is 8.86. The third kappa shape index (κ3) is 6.54. The van der Waals surface area contributed by atoms with Gasteiger partial charge in [-0.1, -0.05) is 12.1 Å². The van der Waals surface area contributed by atoms with Crippen molar-refractivity contribution in [3.63, 3.8) is 0 Å². The molecule has 9 nitrogen and oxygen atoms in total. The summed E-state index contributed by atoms with van der Waals surface area (Å²) in [5.41, 5.74) is 1.05. The van der Waals surface area contributed by atoms with Gasteiger partial charge in [0.25, 0.3) is 0 Å². The number of benzene rings is 1. The molecular weight excluding hydrogens is 482 g/mol. The molecule has 2 aliphatic rings. The van der Waals surface area contributed by atoms with E-state index in [2.05, 4.69) is 30.1 Å². The van der Waals surface area contributed by atoms with Crippen LogP contribution in [0.1, 0.15) is 23.3 Å². The first-order valence-electron chi connectivity index (χ1n) is 11.9. The third-order valence-corrected chi connectivity index (χ3v) is 7.76. The van der Waals surface area contributed by atoms with Crippen LogP contribution >= 0.6 is 23.1 Å². The second-order valence-corrected chi connectivity index (χ2v) is 11.1. The summed E-state index contributed by atoms with van der Waals surface area (Å²) in [5, 5.41) is 13.8. The Morgan fingerprint density at radius 2 is 1.91 bits per heavy atom. The van der Waals surface area contributed by atoms with Gasteiger partial charge in [-0.05, 0) is 49.2 Å². The van der Waals surface area contributed by atoms with E-state index >= 15 is 0 Å². The summed E-state index contributed by atoms with van der Waals surface area (Å²) in [5.74, 6) is 1.73. The topological polar surface area (TPSA) is 107 Å². The first-order chi connectivity index (χ1) is 17.1. The molecule has 11 heteroatoms. The van der Waals surface area contributed by atoms with Gasteiger partial charge in [-0.3, -0.25) is 15.0 Å². The van der Waals surface area contributed by atoms with E-state index in [1.54, 1.807) is 11.3 Å². The number of hydrogen-bond donors (Lipinski definition) is 2. The number of Topliss-reactive ketones (excluding diaryl/α,β-unsaturated/α-hetero) is 1. The summed E-state index contributed by atoms with van der Waals surface area (Å²) >= 11 is 3.03. The largest absolute Gasteiger partial charge is 0.395 e. The standard InChI is InChI=1S/C24H29N7O2S2/c1-16-15-25-23(34-16)27-21-26-22(31-10-8-30(9-11-31)12-13-32)29-24(28-21)35-19-6-2-17(3-7-19)14-20(33)18-4-5-18/h2-3,6-7,15,18,32H,4-5,8-14H2,1H3,(H,25,26,27,28,29). The number of ketones is 1. The summed E-state index contributed by atoms with van der Waals surface area (Å²) in [7, 11) is 0. The molecule has 1 aliphatic carbocycles. The molecule has 1 aliphatic heterocycles. The summed E-state index contributed by atoms with van der Waals surface area (Å²) < 4.78 is 0. The van der Waals surface area contributed by atoms with Gasteiger partial charge in [-0.15, -0.1) is 11.3 Å². The van der Waals surface area contributed by atoms with Crippen LogP contribution in [0, 0.1) is 12.8 Å². The molecule has 1 saturated carbocycles. The van der Waals surface area contributed by atoms with Crippen LogP contribution < -0.4 is 10.2 Å². The molecular formula is C24H29N7O2S2. The van der Waals surface area contributed by atoms with Crippen LogP contribution in [0.2, 0.25) is 0 Å². The van der Waals surface area contributed by atoms with Crippen LogP contribution in [-0.4, -0.2) is 75.1 Å². The molecule has 0 spiro atoms. The predicted octanol–water partition coefficient (Wildman–Crippen LogP) is 3.17. The van der Waals surface area contributed by atoms with E-state index in [-0.39, 0.29) is 12.5 Å². The van der Waals surface area contributed by atoms with Crippen molar-refractivity contribution < 1.29 is 9.90 Å². The van der Waals surface area contributed by atoms with Gasteiger partial charge in [0.05, 0.1) is 6.61 Å². The Labute approximate surface area is 213 Å². The van der Waals surface area contributed by atoms with Gasteiger partial charge in [0.2, 0.25) is 11.9 Å². The predicted molar refractivity (Wildman–Crippen MR) is 138 cm³/mol. The highest BCUT2D eigenvalue weighted by atomic mass is 32.2. The molecule has 5 rings (SSSR count). The summed E-state index contributed by atoms with van der Waals surface area (Å²) in [6.07, 6.45) is 4.42. The van der Waals surface area contributed by atoms with Crippen molar-refractivity contribution >= 4 is 45.9 Å². The highest BCUT2D eigenvalue weighted by molar-refractivity contribution is 7.99. The molecule has 0 radical (unpaired) electrons. The molecule has 3 aromatic rings. The number of nitrogens with one attached hydrogen (secondary N) is 1. The molecule has 35 heavy (non-hydrogen) atoms. The number of β-amino-alcohol motifs (C(OH)–C–C–N with tert-alkyl or cyclic N) is 1. The van der Waals surface area contributed by atoms with Crippen LogP contribution in [0.4, 0.5) is 17.0 Å². The van der Waals surface area contributed by atoms with E-state index in [4.69, 9.17) is 4.98 Å². The fraction of sp³-hybridized carbons (Fsp3) is 0.458. The van der Waals surface area contributed by atoms with Crippen LogP contribution in [0.15, 0.2) is 40.5 Å². The number of carbonyl (C=O) groups excluding carboxylic acids is 1. The van der Waals surface area contributed by atoms with Crippen molar-refractivity contribution in [3.05, 3.63) is 40.9 Å². The SMILES string of the molecule is Cc1cnc(Nc2nc(Sc3ccc(CC(=O)C4CC4)cc3)nc(N3CCN(CCO)CC3)n2)s1. The Morgan fingerprint density at radius 3 is 2.57 bits per heavy atom. The van der Waals surface area contributed by atoms with E-state index < -0.39 is 0 Å². The lowest BCUT2D eigenvalue weighted by Gasteiger charge is -2.34. The lowest BCUT2D eigenvalue weighted by atomic mass is 10.1. The quantitative estimate of drug-likeness (QED) is 0.421. The van der Waals surface area contributed by atoms with E-state index in [0.29, 0.717) is 35.8 Å². The van der Waals surface area contributed by atoms with Gasteiger partial charge in [0.15, 0.2) is 10.3 Å². The van der Waals surface area contributed by atoms with Crippen LogP contribution in [0.3, 0.4) is 0 Å². The summed E-state index contributed by atoms with van der Waals surface area (Å²) in [4.78, 5) is 37.1. The van der Waals surface area contributed by atoms with Crippen LogP contribution in [0.5, 0.6) is 0 Å². The number of thiazole rings is 1. The zero-order chi connectivity index (χ0) is 24.2. The molecule has 0 atom stereocenters. The van der Waals surface area contributed by atoms with E-state index in [1.165, 1.54) is 11.8 Å². The Morgan fingerprint density at radius 1 is 1.14 bits per heavy atom. The molecule has 1 aromatic carbocycles. The zero-order valence-electron chi connectivity index (χ0n) is 19.7. The number of rotatable bonds is 10.